The summed E-state index contributed by atoms with van der Waals surface area (Å²) < 4.78 is 10.4. The normalized spacial score (nSPS) is 13.3. The molecule has 0 bridgehead atoms. The molecule has 26 heavy (non-hydrogen) atoms. The maximum absolute atomic E-state index is 12.6. The maximum atomic E-state index is 12.6. The van der Waals surface area contributed by atoms with Crippen molar-refractivity contribution in [2.45, 2.75) is 44.9 Å². The average molecular weight is 365 g/mol. The van der Waals surface area contributed by atoms with Gasteiger partial charge in [-0.25, -0.2) is 9.59 Å². The van der Waals surface area contributed by atoms with Crippen LogP contribution in [0.1, 0.15) is 26.3 Å². The number of rotatable bonds is 6. The SMILES string of the molecule is CN(C)C(=O)[C@@H](NC(=O)OC(C)(C)C)C(Cc1ccccc1)OC(N)=O. The van der Waals surface area contributed by atoms with E-state index in [0.717, 1.165) is 5.56 Å². The Kier molecular flexibility index (Phi) is 7.42. The molecule has 0 saturated heterocycles. The van der Waals surface area contributed by atoms with Crippen molar-refractivity contribution in [3.8, 4) is 0 Å². The molecular weight excluding hydrogens is 338 g/mol. The standard InChI is InChI=1S/C18H27N3O5/c1-18(2,3)26-17(24)20-14(15(22)21(4)5)13(25-16(19)23)11-12-9-7-6-8-10-12/h6-10,13-14H,11H2,1-5H3,(H2,19,23)(H,20,24)/t13?,14-/m0/s1. The summed E-state index contributed by atoms with van der Waals surface area (Å²) in [7, 11) is 3.08. The van der Waals surface area contributed by atoms with Crippen molar-refractivity contribution < 1.29 is 23.9 Å². The molecule has 144 valence electrons. The minimum atomic E-state index is -1.15. The summed E-state index contributed by atoms with van der Waals surface area (Å²) in [4.78, 5) is 37.4. The van der Waals surface area contributed by atoms with Crippen LogP contribution in [0.5, 0.6) is 0 Å². The first-order chi connectivity index (χ1) is 12.0. The van der Waals surface area contributed by atoms with E-state index in [9.17, 15) is 14.4 Å². The quantitative estimate of drug-likeness (QED) is 0.797. The zero-order valence-electron chi connectivity index (χ0n) is 15.8. The van der Waals surface area contributed by atoms with Crippen LogP contribution < -0.4 is 11.1 Å². The van der Waals surface area contributed by atoms with Gasteiger partial charge in [-0.05, 0) is 26.3 Å². The van der Waals surface area contributed by atoms with Crippen LogP contribution in [0.25, 0.3) is 0 Å². The van der Waals surface area contributed by atoms with Crippen LogP contribution >= 0.6 is 0 Å². The van der Waals surface area contributed by atoms with Gasteiger partial charge in [0.1, 0.15) is 17.7 Å². The first kappa shape index (κ1) is 21.3. The predicted molar refractivity (Wildman–Crippen MR) is 96.5 cm³/mol. The monoisotopic (exact) mass is 365 g/mol. The van der Waals surface area contributed by atoms with Crippen LogP contribution in [0.3, 0.4) is 0 Å². The molecule has 2 atom stereocenters. The number of benzene rings is 1. The molecule has 8 nitrogen and oxygen atoms in total. The largest absolute Gasteiger partial charge is 0.444 e. The fourth-order valence-electron chi connectivity index (χ4n) is 2.25. The first-order valence-electron chi connectivity index (χ1n) is 8.20. The van der Waals surface area contributed by atoms with E-state index < -0.39 is 35.8 Å². The maximum Gasteiger partial charge on any atom is 0.408 e. The highest BCUT2D eigenvalue weighted by atomic mass is 16.6. The van der Waals surface area contributed by atoms with Crippen LogP contribution in [-0.4, -0.2) is 54.8 Å². The third-order valence-electron chi connectivity index (χ3n) is 3.30. The molecule has 3 amide bonds. The highest BCUT2D eigenvalue weighted by Gasteiger charge is 2.35. The molecule has 0 aromatic heterocycles. The lowest BCUT2D eigenvalue weighted by atomic mass is 10.0. The number of nitrogens with one attached hydrogen (secondary N) is 1. The minimum absolute atomic E-state index is 0.198. The number of hydrogen-bond acceptors (Lipinski definition) is 5. The fraction of sp³-hybridized carbons (Fsp3) is 0.500. The van der Waals surface area contributed by atoms with Crippen LogP contribution in [0.2, 0.25) is 0 Å². The van der Waals surface area contributed by atoms with Gasteiger partial charge in [0.05, 0.1) is 0 Å². The van der Waals surface area contributed by atoms with Crippen molar-refractivity contribution in [3.05, 3.63) is 35.9 Å². The van der Waals surface area contributed by atoms with E-state index in [2.05, 4.69) is 5.32 Å². The van der Waals surface area contributed by atoms with Gasteiger partial charge in [0, 0.05) is 20.5 Å². The number of nitrogens with two attached hydrogens (primary N) is 1. The second kappa shape index (κ2) is 9.07. The second-order valence-electron chi connectivity index (χ2n) is 7.02. The Balaban J connectivity index is 3.09. The zero-order chi connectivity index (χ0) is 19.9. The van der Waals surface area contributed by atoms with Gasteiger partial charge in [-0.1, -0.05) is 30.3 Å². The molecular formula is C18H27N3O5. The minimum Gasteiger partial charge on any atom is -0.444 e. The summed E-state index contributed by atoms with van der Waals surface area (Å²) in [5.41, 5.74) is 5.24. The zero-order valence-corrected chi connectivity index (χ0v) is 15.8. The summed E-state index contributed by atoms with van der Waals surface area (Å²) in [5, 5.41) is 2.50. The van der Waals surface area contributed by atoms with Gasteiger partial charge in [0.15, 0.2) is 0 Å². The van der Waals surface area contributed by atoms with Gasteiger partial charge in [0.2, 0.25) is 5.91 Å². The second-order valence-corrected chi connectivity index (χ2v) is 7.02. The van der Waals surface area contributed by atoms with Crippen LogP contribution in [0, 0.1) is 0 Å². The van der Waals surface area contributed by atoms with E-state index in [1.165, 1.54) is 19.0 Å². The first-order valence-corrected chi connectivity index (χ1v) is 8.20. The fourth-order valence-corrected chi connectivity index (χ4v) is 2.25. The number of nitrogens with zero attached hydrogens (tertiary/aromatic N) is 1. The van der Waals surface area contributed by atoms with Crippen molar-refractivity contribution in [2.75, 3.05) is 14.1 Å². The van der Waals surface area contributed by atoms with E-state index in [-0.39, 0.29) is 6.42 Å². The molecule has 1 aromatic rings. The van der Waals surface area contributed by atoms with Crippen LogP contribution in [0.15, 0.2) is 30.3 Å². The molecule has 0 spiro atoms. The Hall–Kier alpha value is -2.77. The Morgan fingerprint density at radius 2 is 1.73 bits per heavy atom. The van der Waals surface area contributed by atoms with E-state index in [1.54, 1.807) is 20.8 Å². The molecule has 1 aromatic carbocycles. The number of alkyl carbamates (subject to hydrolysis) is 1. The van der Waals surface area contributed by atoms with E-state index in [4.69, 9.17) is 15.2 Å². The van der Waals surface area contributed by atoms with Gasteiger partial charge in [-0.3, -0.25) is 4.79 Å². The van der Waals surface area contributed by atoms with Crippen molar-refractivity contribution >= 4 is 18.1 Å². The Labute approximate surface area is 153 Å². The summed E-state index contributed by atoms with van der Waals surface area (Å²) in [6.07, 6.45) is -2.61. The molecule has 1 unspecified atom stereocenters. The van der Waals surface area contributed by atoms with Gasteiger partial charge in [-0.2, -0.15) is 0 Å². The number of amides is 3. The lowest BCUT2D eigenvalue weighted by Gasteiger charge is -2.29. The smallest absolute Gasteiger partial charge is 0.408 e. The molecule has 0 saturated carbocycles. The molecule has 8 heteroatoms. The molecule has 0 aliphatic carbocycles. The third kappa shape index (κ3) is 7.42. The average Bonchev–Trinajstić information content (AvgIpc) is 2.50. The highest BCUT2D eigenvalue weighted by Crippen LogP contribution is 2.13. The number of hydrogen-bond donors (Lipinski definition) is 2. The van der Waals surface area contributed by atoms with Crippen molar-refractivity contribution in [3.63, 3.8) is 0 Å². The number of ether oxygens (including phenoxy) is 2. The molecule has 0 radical (unpaired) electrons. The number of likely N-dealkylation sites (N-methyl/N-ethyl adjacent to an activating group) is 1. The van der Waals surface area contributed by atoms with E-state index in [1.807, 2.05) is 30.3 Å². The summed E-state index contributed by atoms with van der Waals surface area (Å²) >= 11 is 0. The Morgan fingerprint density at radius 3 is 2.19 bits per heavy atom. The Bertz CT molecular complexity index is 625. The van der Waals surface area contributed by atoms with Gasteiger partial charge in [-0.15, -0.1) is 0 Å². The lowest BCUT2D eigenvalue weighted by molar-refractivity contribution is -0.133. The summed E-state index contributed by atoms with van der Waals surface area (Å²) in [6, 6.07) is 7.98. The summed E-state index contributed by atoms with van der Waals surface area (Å²) in [6.45, 7) is 5.12. The third-order valence-corrected chi connectivity index (χ3v) is 3.30. The molecule has 0 aliphatic heterocycles. The number of primary amides is 1. The lowest BCUT2D eigenvalue weighted by Crippen LogP contribution is -2.55. The topological polar surface area (TPSA) is 111 Å². The molecule has 0 heterocycles. The summed E-state index contributed by atoms with van der Waals surface area (Å²) in [5.74, 6) is -0.446. The molecule has 0 aliphatic rings. The van der Waals surface area contributed by atoms with Crippen molar-refractivity contribution in [1.29, 1.82) is 0 Å². The number of carbonyl (C=O) groups is 3. The van der Waals surface area contributed by atoms with Gasteiger partial charge < -0.3 is 25.4 Å². The van der Waals surface area contributed by atoms with Gasteiger partial charge >= 0.3 is 12.2 Å². The molecule has 0 fully saturated rings. The van der Waals surface area contributed by atoms with Crippen LogP contribution in [-0.2, 0) is 20.7 Å². The van der Waals surface area contributed by atoms with Crippen molar-refractivity contribution in [1.82, 2.24) is 10.2 Å². The van der Waals surface area contributed by atoms with E-state index in [0.29, 0.717) is 0 Å². The predicted octanol–water partition coefficient (Wildman–Crippen LogP) is 1.67. The molecule has 1 rings (SSSR count). The molecule has 3 N–H and O–H groups in total. The van der Waals surface area contributed by atoms with Gasteiger partial charge in [0.25, 0.3) is 0 Å². The van der Waals surface area contributed by atoms with Crippen molar-refractivity contribution in [2.24, 2.45) is 5.73 Å². The highest BCUT2D eigenvalue weighted by molar-refractivity contribution is 5.86. The Morgan fingerprint density at radius 1 is 1.15 bits per heavy atom. The van der Waals surface area contributed by atoms with Crippen LogP contribution in [0.4, 0.5) is 9.59 Å². The van der Waals surface area contributed by atoms with E-state index >= 15 is 0 Å². The number of carbonyl (C=O) groups excluding carboxylic acids is 3.